The fourth-order valence-electron chi connectivity index (χ4n) is 4.36. The number of amides is 2. The molecular weight excluding hydrogens is 521 g/mol. The van der Waals surface area contributed by atoms with Crippen molar-refractivity contribution in [2.45, 2.75) is 44.2 Å². The normalized spacial score (nSPS) is 17.4. The maximum Gasteiger partial charge on any atom is 0.435 e. The van der Waals surface area contributed by atoms with E-state index in [-0.39, 0.29) is 43.1 Å². The maximum atomic E-state index is 13.5. The number of benzene rings is 1. The van der Waals surface area contributed by atoms with Crippen LogP contribution in [0.3, 0.4) is 0 Å². The molecule has 2 aromatic heterocycles. The topological polar surface area (TPSA) is 141 Å². The molecule has 4 rings (SSSR count). The summed E-state index contributed by atoms with van der Waals surface area (Å²) >= 11 is 0. The molecule has 2 amide bonds. The van der Waals surface area contributed by atoms with Crippen LogP contribution in [0, 0.1) is 5.92 Å². The Morgan fingerprint density at radius 2 is 1.74 bits per heavy atom. The third kappa shape index (κ3) is 7.00. The molecule has 0 bridgehead atoms. The molecular formula is C25H27F3N6O5. The van der Waals surface area contributed by atoms with Crippen molar-refractivity contribution in [3.05, 3.63) is 59.6 Å². The second-order valence-corrected chi connectivity index (χ2v) is 9.05. The quantitative estimate of drug-likeness (QED) is 0.307. The van der Waals surface area contributed by atoms with Crippen molar-refractivity contribution in [3.8, 4) is 5.69 Å². The van der Waals surface area contributed by atoms with Gasteiger partial charge < -0.3 is 19.8 Å². The van der Waals surface area contributed by atoms with E-state index >= 15 is 0 Å². The second kappa shape index (κ2) is 12.1. The third-order valence-electron chi connectivity index (χ3n) is 6.41. The minimum absolute atomic E-state index is 0.0214. The average Bonchev–Trinajstić information content (AvgIpc) is 3.59. The lowest BCUT2D eigenvalue weighted by atomic mass is 9.81. The van der Waals surface area contributed by atoms with Crippen molar-refractivity contribution in [2.24, 2.45) is 5.92 Å². The average molecular weight is 549 g/mol. The summed E-state index contributed by atoms with van der Waals surface area (Å²) in [5.41, 5.74) is -1.51. The van der Waals surface area contributed by atoms with Crippen LogP contribution in [-0.4, -0.2) is 58.0 Å². The molecule has 1 aromatic carbocycles. The molecule has 0 aliphatic heterocycles. The minimum atomic E-state index is -4.82. The van der Waals surface area contributed by atoms with Gasteiger partial charge in [0.15, 0.2) is 5.69 Å². The number of carbonyl (C=O) groups excluding carboxylic acids is 3. The number of para-hydroxylation sites is 1. The van der Waals surface area contributed by atoms with Gasteiger partial charge in [0.05, 0.1) is 18.4 Å². The predicted molar refractivity (Wildman–Crippen MR) is 129 cm³/mol. The molecule has 1 saturated carbocycles. The van der Waals surface area contributed by atoms with Crippen molar-refractivity contribution >= 4 is 17.8 Å². The van der Waals surface area contributed by atoms with Crippen LogP contribution in [0.4, 0.5) is 13.2 Å². The molecule has 0 spiro atoms. The fourth-order valence-corrected chi connectivity index (χ4v) is 4.36. The Kier molecular flexibility index (Phi) is 8.62. The van der Waals surface area contributed by atoms with Crippen LogP contribution in [0.15, 0.2) is 40.9 Å². The Morgan fingerprint density at radius 3 is 2.41 bits per heavy atom. The van der Waals surface area contributed by atoms with E-state index in [1.54, 1.807) is 30.3 Å². The summed E-state index contributed by atoms with van der Waals surface area (Å²) in [5.74, 6) is -1.30. The third-order valence-corrected chi connectivity index (χ3v) is 6.41. The van der Waals surface area contributed by atoms with E-state index in [1.165, 1.54) is 7.11 Å². The highest BCUT2D eigenvalue weighted by Crippen LogP contribution is 2.35. The van der Waals surface area contributed by atoms with E-state index in [0.29, 0.717) is 37.3 Å². The van der Waals surface area contributed by atoms with Crippen molar-refractivity contribution in [1.29, 1.82) is 0 Å². The Morgan fingerprint density at radius 1 is 1.05 bits per heavy atom. The highest BCUT2D eigenvalue weighted by Gasteiger charge is 2.39. The number of esters is 1. The van der Waals surface area contributed by atoms with Crippen LogP contribution in [0.2, 0.25) is 0 Å². The van der Waals surface area contributed by atoms with Gasteiger partial charge in [0.2, 0.25) is 17.7 Å². The first-order valence-corrected chi connectivity index (χ1v) is 12.3. The van der Waals surface area contributed by atoms with Crippen LogP contribution in [0.1, 0.15) is 59.4 Å². The molecule has 0 atom stereocenters. The van der Waals surface area contributed by atoms with Crippen LogP contribution >= 0.6 is 0 Å². The van der Waals surface area contributed by atoms with Gasteiger partial charge in [0.25, 0.3) is 5.91 Å². The SMILES string of the molecule is COC(=O)Cc1nnc([C@H]2CC[C@H](C(=O)NCCNC(=O)c3cn(-c4ccccc4)nc3C(F)(F)F)CC2)o1. The summed E-state index contributed by atoms with van der Waals surface area (Å²) in [5, 5.41) is 16.6. The van der Waals surface area contributed by atoms with E-state index in [2.05, 4.69) is 30.7 Å². The van der Waals surface area contributed by atoms with Gasteiger partial charge in [0.1, 0.15) is 6.42 Å². The number of nitrogens with one attached hydrogen (secondary N) is 2. The van der Waals surface area contributed by atoms with Crippen molar-refractivity contribution in [3.63, 3.8) is 0 Å². The van der Waals surface area contributed by atoms with E-state index in [0.717, 1.165) is 10.9 Å². The Bertz CT molecular complexity index is 1300. The smallest absolute Gasteiger partial charge is 0.435 e. The van der Waals surface area contributed by atoms with Crippen LogP contribution in [-0.2, 0) is 26.9 Å². The first-order valence-electron chi connectivity index (χ1n) is 12.3. The van der Waals surface area contributed by atoms with Crippen molar-refractivity contribution in [2.75, 3.05) is 20.2 Å². The van der Waals surface area contributed by atoms with Gasteiger partial charge in [-0.1, -0.05) is 18.2 Å². The van der Waals surface area contributed by atoms with Crippen molar-refractivity contribution in [1.82, 2.24) is 30.6 Å². The summed E-state index contributed by atoms with van der Waals surface area (Å²) in [7, 11) is 1.27. The molecule has 11 nitrogen and oxygen atoms in total. The lowest BCUT2D eigenvalue weighted by molar-refractivity contribution is -0.142. The van der Waals surface area contributed by atoms with Gasteiger partial charge >= 0.3 is 12.1 Å². The molecule has 3 aromatic rings. The van der Waals surface area contributed by atoms with Crippen LogP contribution in [0.5, 0.6) is 0 Å². The molecule has 0 saturated heterocycles. The van der Waals surface area contributed by atoms with Gasteiger partial charge in [-0.05, 0) is 37.8 Å². The van der Waals surface area contributed by atoms with Gasteiger partial charge in [-0.15, -0.1) is 10.2 Å². The first-order chi connectivity index (χ1) is 18.7. The second-order valence-electron chi connectivity index (χ2n) is 9.05. The number of hydrogen-bond acceptors (Lipinski definition) is 8. The summed E-state index contributed by atoms with van der Waals surface area (Å²) in [6.07, 6.45) is -1.46. The minimum Gasteiger partial charge on any atom is -0.469 e. The van der Waals surface area contributed by atoms with Gasteiger partial charge in [-0.25, -0.2) is 4.68 Å². The van der Waals surface area contributed by atoms with Crippen LogP contribution < -0.4 is 10.6 Å². The number of carbonyl (C=O) groups is 3. The molecule has 1 fully saturated rings. The molecule has 39 heavy (non-hydrogen) atoms. The lowest BCUT2D eigenvalue weighted by Gasteiger charge is -2.25. The Hall–Kier alpha value is -4.23. The number of alkyl halides is 3. The number of methoxy groups -OCH3 is 1. The maximum absolute atomic E-state index is 13.5. The monoisotopic (exact) mass is 548 g/mol. The van der Waals surface area contributed by atoms with E-state index in [9.17, 15) is 27.6 Å². The number of aromatic nitrogens is 4. The van der Waals surface area contributed by atoms with Gasteiger partial charge in [0, 0.05) is 31.1 Å². The summed E-state index contributed by atoms with van der Waals surface area (Å²) in [4.78, 5) is 36.4. The number of ether oxygens (including phenoxy) is 1. The zero-order valence-electron chi connectivity index (χ0n) is 21.0. The molecule has 1 aliphatic carbocycles. The van der Waals surface area contributed by atoms with Gasteiger partial charge in [-0.3, -0.25) is 14.4 Å². The highest BCUT2D eigenvalue weighted by molar-refractivity contribution is 5.95. The standard InChI is InChI=1S/C25H27F3N6O5/c1-38-20(35)13-19-31-32-24(39-19)16-9-7-15(8-10-16)22(36)29-11-12-30-23(37)18-14-34(17-5-3-2-4-6-17)33-21(18)25(26,27)28/h2-6,14-16H,7-13H2,1H3,(H,29,36)(H,30,37)/t15-,16-. The van der Waals surface area contributed by atoms with E-state index in [4.69, 9.17) is 4.42 Å². The predicted octanol–water partition coefficient (Wildman–Crippen LogP) is 2.81. The number of hydrogen-bond donors (Lipinski definition) is 2. The largest absolute Gasteiger partial charge is 0.469 e. The highest BCUT2D eigenvalue weighted by atomic mass is 19.4. The van der Waals surface area contributed by atoms with Gasteiger partial charge in [-0.2, -0.15) is 18.3 Å². The molecule has 14 heteroatoms. The van der Waals surface area contributed by atoms with Crippen LogP contribution in [0.25, 0.3) is 5.69 Å². The zero-order valence-corrected chi connectivity index (χ0v) is 21.0. The lowest BCUT2D eigenvalue weighted by Crippen LogP contribution is -2.38. The summed E-state index contributed by atoms with van der Waals surface area (Å²) in [6, 6.07) is 8.15. The van der Waals surface area contributed by atoms with E-state index in [1.807, 2.05) is 0 Å². The zero-order chi connectivity index (χ0) is 28.0. The van der Waals surface area contributed by atoms with Crippen molar-refractivity contribution < 1.29 is 36.7 Å². The van der Waals surface area contributed by atoms with E-state index < -0.39 is 29.3 Å². The molecule has 2 heterocycles. The number of nitrogens with zero attached hydrogens (tertiary/aromatic N) is 4. The number of halogens is 3. The molecule has 0 unspecified atom stereocenters. The molecule has 208 valence electrons. The summed E-state index contributed by atoms with van der Waals surface area (Å²) < 4.78 is 51.6. The molecule has 2 N–H and O–H groups in total. The molecule has 1 aliphatic rings. The Balaban J connectivity index is 1.24. The Labute approximate surface area is 221 Å². The number of rotatable bonds is 9. The fraction of sp³-hybridized carbons (Fsp3) is 0.440. The summed E-state index contributed by atoms with van der Waals surface area (Å²) in [6.45, 7) is -0.00207. The first kappa shape index (κ1) is 27.8. The molecule has 0 radical (unpaired) electrons.